The lowest BCUT2D eigenvalue weighted by Crippen LogP contribution is -2.47. The van der Waals surface area contributed by atoms with Gasteiger partial charge in [-0.15, -0.1) is 0 Å². The van der Waals surface area contributed by atoms with Crippen molar-refractivity contribution in [2.45, 2.75) is 38.1 Å². The van der Waals surface area contributed by atoms with Crippen LogP contribution in [0.15, 0.2) is 18.2 Å². The van der Waals surface area contributed by atoms with Gasteiger partial charge in [-0.05, 0) is 45.0 Å². The van der Waals surface area contributed by atoms with E-state index in [1.165, 1.54) is 11.0 Å². The van der Waals surface area contributed by atoms with E-state index < -0.39 is 28.7 Å². The minimum Gasteiger partial charge on any atom is -0.376 e. The first-order chi connectivity index (χ1) is 13.1. The van der Waals surface area contributed by atoms with E-state index in [0.29, 0.717) is 13.2 Å². The Hall–Kier alpha value is -1.84. The second kappa shape index (κ2) is 9.58. The van der Waals surface area contributed by atoms with Crippen LogP contribution < -0.4 is 10.6 Å². The van der Waals surface area contributed by atoms with Crippen LogP contribution in [0.25, 0.3) is 0 Å². The molecule has 1 aromatic rings. The Morgan fingerprint density at radius 3 is 2.71 bits per heavy atom. The van der Waals surface area contributed by atoms with Crippen molar-refractivity contribution >= 4 is 29.1 Å². The minimum absolute atomic E-state index is 0.0116. The number of carbonyl (C=O) groups is 2. The van der Waals surface area contributed by atoms with Crippen molar-refractivity contribution in [2.24, 2.45) is 0 Å². The zero-order valence-electron chi connectivity index (χ0n) is 15.6. The average molecular weight is 422 g/mol. The van der Waals surface area contributed by atoms with E-state index in [9.17, 15) is 22.8 Å². The SMILES string of the molecule is CC(C(=O)NCC1CCCO1)N(C)CC(=O)Nc1ccc(Cl)c(C(F)(F)F)c1. The topological polar surface area (TPSA) is 70.7 Å². The van der Waals surface area contributed by atoms with E-state index in [1.807, 2.05) is 0 Å². The molecule has 0 spiro atoms. The van der Waals surface area contributed by atoms with Gasteiger partial charge in [0.15, 0.2) is 0 Å². The van der Waals surface area contributed by atoms with Gasteiger partial charge in [-0.2, -0.15) is 13.2 Å². The van der Waals surface area contributed by atoms with Gasteiger partial charge in [0.25, 0.3) is 0 Å². The Labute approximate surface area is 166 Å². The molecule has 1 aliphatic rings. The van der Waals surface area contributed by atoms with E-state index in [-0.39, 0.29) is 24.2 Å². The Balaban J connectivity index is 1.86. The molecule has 1 aromatic carbocycles. The number of nitrogens with zero attached hydrogens (tertiary/aromatic N) is 1. The van der Waals surface area contributed by atoms with Gasteiger partial charge in [0.2, 0.25) is 11.8 Å². The second-order valence-electron chi connectivity index (χ2n) is 6.71. The van der Waals surface area contributed by atoms with Gasteiger partial charge in [-0.3, -0.25) is 14.5 Å². The van der Waals surface area contributed by atoms with Crippen LogP contribution in [0.3, 0.4) is 0 Å². The monoisotopic (exact) mass is 421 g/mol. The summed E-state index contributed by atoms with van der Waals surface area (Å²) < 4.78 is 44.1. The van der Waals surface area contributed by atoms with Crippen LogP contribution in [0, 0.1) is 0 Å². The molecular weight excluding hydrogens is 399 g/mol. The normalized spacial score (nSPS) is 18.2. The Bertz CT molecular complexity index is 709. The Kier molecular flexibility index (Phi) is 7.68. The number of rotatable bonds is 7. The quantitative estimate of drug-likeness (QED) is 0.710. The molecule has 28 heavy (non-hydrogen) atoms. The van der Waals surface area contributed by atoms with Gasteiger partial charge in [-0.1, -0.05) is 11.6 Å². The average Bonchev–Trinajstić information content (AvgIpc) is 3.13. The molecule has 0 saturated carbocycles. The molecule has 2 amide bonds. The number of anilines is 1. The fraction of sp³-hybridized carbons (Fsp3) is 0.556. The van der Waals surface area contributed by atoms with Crippen molar-refractivity contribution in [3.05, 3.63) is 28.8 Å². The zero-order valence-corrected chi connectivity index (χ0v) is 16.4. The third kappa shape index (κ3) is 6.35. The van der Waals surface area contributed by atoms with Crippen molar-refractivity contribution in [1.29, 1.82) is 0 Å². The van der Waals surface area contributed by atoms with E-state index in [1.54, 1.807) is 14.0 Å². The summed E-state index contributed by atoms with van der Waals surface area (Å²) in [5.74, 6) is -0.798. The predicted octanol–water partition coefficient (Wildman–Crippen LogP) is 2.91. The molecule has 6 nitrogen and oxygen atoms in total. The Morgan fingerprint density at radius 1 is 1.39 bits per heavy atom. The maximum absolute atomic E-state index is 12.9. The standard InChI is InChI=1S/C18H23ClF3N3O3/c1-11(17(27)23-9-13-4-3-7-28-13)25(2)10-16(26)24-12-5-6-15(19)14(8-12)18(20,21)22/h5-6,8,11,13H,3-4,7,9-10H2,1-2H3,(H,23,27)(H,24,26). The number of halogens is 4. The highest BCUT2D eigenvalue weighted by Crippen LogP contribution is 2.36. The van der Waals surface area contributed by atoms with E-state index in [0.717, 1.165) is 25.0 Å². The maximum Gasteiger partial charge on any atom is 0.417 e. The van der Waals surface area contributed by atoms with Gasteiger partial charge in [0.05, 0.1) is 29.3 Å². The summed E-state index contributed by atoms with van der Waals surface area (Å²) >= 11 is 5.56. The van der Waals surface area contributed by atoms with Gasteiger partial charge in [-0.25, -0.2) is 0 Å². The first-order valence-corrected chi connectivity index (χ1v) is 9.22. The molecule has 0 radical (unpaired) electrons. The number of hydrogen-bond acceptors (Lipinski definition) is 4. The number of ether oxygens (including phenoxy) is 1. The molecule has 2 N–H and O–H groups in total. The molecule has 2 atom stereocenters. The summed E-state index contributed by atoms with van der Waals surface area (Å²) in [4.78, 5) is 25.8. The van der Waals surface area contributed by atoms with Crippen LogP contribution in [0.2, 0.25) is 5.02 Å². The summed E-state index contributed by atoms with van der Waals surface area (Å²) in [5.41, 5.74) is -1.05. The zero-order chi connectivity index (χ0) is 20.9. The van der Waals surface area contributed by atoms with Crippen LogP contribution in [-0.4, -0.2) is 55.6 Å². The van der Waals surface area contributed by atoms with Crippen molar-refractivity contribution in [2.75, 3.05) is 32.1 Å². The number of nitrogens with one attached hydrogen (secondary N) is 2. The van der Waals surface area contributed by atoms with Crippen molar-refractivity contribution in [1.82, 2.24) is 10.2 Å². The summed E-state index contributed by atoms with van der Waals surface area (Å²) in [7, 11) is 1.58. The molecule has 0 bridgehead atoms. The lowest BCUT2D eigenvalue weighted by molar-refractivity contribution is -0.137. The minimum atomic E-state index is -4.62. The molecule has 10 heteroatoms. The molecular formula is C18H23ClF3N3O3. The maximum atomic E-state index is 12.9. The molecule has 156 valence electrons. The molecule has 0 aliphatic carbocycles. The third-order valence-electron chi connectivity index (χ3n) is 4.52. The molecule has 1 heterocycles. The van der Waals surface area contributed by atoms with Crippen molar-refractivity contribution in [3.63, 3.8) is 0 Å². The van der Waals surface area contributed by atoms with Gasteiger partial charge in [0.1, 0.15) is 0 Å². The van der Waals surface area contributed by atoms with Crippen LogP contribution in [-0.2, 0) is 20.5 Å². The van der Waals surface area contributed by atoms with Gasteiger partial charge < -0.3 is 15.4 Å². The van der Waals surface area contributed by atoms with E-state index in [2.05, 4.69) is 10.6 Å². The smallest absolute Gasteiger partial charge is 0.376 e. The lowest BCUT2D eigenvalue weighted by atomic mass is 10.2. The van der Waals surface area contributed by atoms with Crippen LogP contribution in [0.5, 0.6) is 0 Å². The van der Waals surface area contributed by atoms with Gasteiger partial charge >= 0.3 is 6.18 Å². The molecule has 1 aliphatic heterocycles. The predicted molar refractivity (Wildman–Crippen MR) is 99.2 cm³/mol. The molecule has 0 aromatic heterocycles. The molecule has 1 saturated heterocycles. The van der Waals surface area contributed by atoms with E-state index in [4.69, 9.17) is 16.3 Å². The fourth-order valence-electron chi connectivity index (χ4n) is 2.75. The highest BCUT2D eigenvalue weighted by atomic mass is 35.5. The summed E-state index contributed by atoms with van der Waals surface area (Å²) in [6.45, 7) is 2.58. The lowest BCUT2D eigenvalue weighted by Gasteiger charge is -2.24. The van der Waals surface area contributed by atoms with Crippen LogP contribution in [0.1, 0.15) is 25.3 Å². The molecule has 2 rings (SSSR count). The highest BCUT2D eigenvalue weighted by molar-refractivity contribution is 6.31. The van der Waals surface area contributed by atoms with Crippen molar-refractivity contribution in [3.8, 4) is 0 Å². The number of benzene rings is 1. The fourth-order valence-corrected chi connectivity index (χ4v) is 2.98. The largest absolute Gasteiger partial charge is 0.417 e. The number of carbonyl (C=O) groups excluding carboxylic acids is 2. The number of alkyl halides is 3. The molecule has 1 fully saturated rings. The number of hydrogen-bond donors (Lipinski definition) is 2. The highest BCUT2D eigenvalue weighted by Gasteiger charge is 2.33. The van der Waals surface area contributed by atoms with E-state index >= 15 is 0 Å². The molecule has 2 unspecified atom stereocenters. The van der Waals surface area contributed by atoms with Crippen molar-refractivity contribution < 1.29 is 27.5 Å². The first-order valence-electron chi connectivity index (χ1n) is 8.84. The number of amides is 2. The van der Waals surface area contributed by atoms with Crippen LogP contribution in [0.4, 0.5) is 18.9 Å². The van der Waals surface area contributed by atoms with Gasteiger partial charge in [0, 0.05) is 18.8 Å². The second-order valence-corrected chi connectivity index (χ2v) is 7.12. The van der Waals surface area contributed by atoms with Crippen LogP contribution >= 0.6 is 11.6 Å². The summed E-state index contributed by atoms with van der Waals surface area (Å²) in [5, 5.41) is 4.73. The first kappa shape index (κ1) is 22.4. The Morgan fingerprint density at radius 2 is 2.11 bits per heavy atom. The summed E-state index contributed by atoms with van der Waals surface area (Å²) in [6, 6.07) is 2.54. The summed E-state index contributed by atoms with van der Waals surface area (Å²) in [6.07, 6.45) is -2.74. The third-order valence-corrected chi connectivity index (χ3v) is 4.85. The number of likely N-dealkylation sites (N-methyl/N-ethyl adjacent to an activating group) is 1.